The molecular formula is C20H20ClN3O3. The maximum Gasteiger partial charge on any atom is 0.229 e. The van der Waals surface area contributed by atoms with Crippen LogP contribution >= 0.6 is 11.6 Å². The summed E-state index contributed by atoms with van der Waals surface area (Å²) in [6.07, 6.45) is 0.142. The minimum atomic E-state index is -0.458. The van der Waals surface area contributed by atoms with E-state index in [4.69, 9.17) is 11.6 Å². The minimum Gasteiger partial charge on any atom is -0.326 e. The first-order valence-corrected chi connectivity index (χ1v) is 8.97. The molecule has 27 heavy (non-hydrogen) atoms. The van der Waals surface area contributed by atoms with E-state index in [0.717, 1.165) is 11.3 Å². The lowest BCUT2D eigenvalue weighted by Crippen LogP contribution is -2.28. The summed E-state index contributed by atoms with van der Waals surface area (Å²) < 4.78 is 0. The van der Waals surface area contributed by atoms with E-state index < -0.39 is 5.92 Å². The molecule has 3 rings (SSSR count). The molecule has 0 aromatic heterocycles. The van der Waals surface area contributed by atoms with E-state index in [1.165, 1.54) is 6.92 Å². The third-order valence-corrected chi connectivity index (χ3v) is 4.89. The van der Waals surface area contributed by atoms with Crippen molar-refractivity contribution in [1.82, 2.24) is 0 Å². The maximum absolute atomic E-state index is 12.6. The Balaban J connectivity index is 1.71. The SMILES string of the molecule is CC(=O)Nc1cccc(NC(=O)C2CC(=O)N(c3cccc(Cl)c3C)C2)c1. The van der Waals surface area contributed by atoms with Gasteiger partial charge in [-0.2, -0.15) is 0 Å². The van der Waals surface area contributed by atoms with Gasteiger partial charge in [0.15, 0.2) is 0 Å². The number of rotatable bonds is 4. The standard InChI is InChI=1S/C20H20ClN3O3/c1-12-17(21)7-4-8-18(12)24-11-14(9-19(24)26)20(27)23-16-6-3-5-15(10-16)22-13(2)25/h3-8,10,14H,9,11H2,1-2H3,(H,22,25)(H,23,27). The Hall–Kier alpha value is -2.86. The summed E-state index contributed by atoms with van der Waals surface area (Å²) in [7, 11) is 0. The average Bonchev–Trinajstić information content (AvgIpc) is 2.99. The molecule has 0 aliphatic carbocycles. The lowest BCUT2D eigenvalue weighted by atomic mass is 10.1. The van der Waals surface area contributed by atoms with Crippen LogP contribution in [0.25, 0.3) is 0 Å². The lowest BCUT2D eigenvalue weighted by Gasteiger charge is -2.19. The molecule has 1 heterocycles. The molecule has 2 N–H and O–H groups in total. The van der Waals surface area contributed by atoms with Crippen LogP contribution in [0.15, 0.2) is 42.5 Å². The molecule has 0 bridgehead atoms. The zero-order valence-corrected chi connectivity index (χ0v) is 15.8. The number of amides is 3. The quantitative estimate of drug-likeness (QED) is 0.844. The zero-order valence-electron chi connectivity index (χ0n) is 15.1. The van der Waals surface area contributed by atoms with Gasteiger partial charge in [-0.25, -0.2) is 0 Å². The van der Waals surface area contributed by atoms with E-state index in [1.54, 1.807) is 41.3 Å². The van der Waals surface area contributed by atoms with Gasteiger partial charge in [0, 0.05) is 42.0 Å². The van der Waals surface area contributed by atoms with Gasteiger partial charge in [-0.15, -0.1) is 0 Å². The number of nitrogens with zero attached hydrogens (tertiary/aromatic N) is 1. The highest BCUT2D eigenvalue weighted by Gasteiger charge is 2.35. The van der Waals surface area contributed by atoms with Crippen LogP contribution in [0.1, 0.15) is 18.9 Å². The number of nitrogens with one attached hydrogen (secondary N) is 2. The molecule has 2 aromatic carbocycles. The summed E-state index contributed by atoms with van der Waals surface area (Å²) >= 11 is 6.15. The summed E-state index contributed by atoms with van der Waals surface area (Å²) in [5.41, 5.74) is 2.71. The topological polar surface area (TPSA) is 78.5 Å². The molecule has 3 amide bonds. The van der Waals surface area contributed by atoms with Crippen LogP contribution in [0.2, 0.25) is 5.02 Å². The zero-order chi connectivity index (χ0) is 19.6. The molecule has 2 aromatic rings. The van der Waals surface area contributed by atoms with Gasteiger partial charge in [-0.3, -0.25) is 14.4 Å². The van der Waals surface area contributed by atoms with Crippen molar-refractivity contribution >= 4 is 46.4 Å². The van der Waals surface area contributed by atoms with Crippen molar-refractivity contribution < 1.29 is 14.4 Å². The minimum absolute atomic E-state index is 0.104. The molecule has 1 atom stereocenters. The molecule has 1 saturated heterocycles. The monoisotopic (exact) mass is 385 g/mol. The third kappa shape index (κ3) is 4.28. The summed E-state index contributed by atoms with van der Waals surface area (Å²) in [6, 6.07) is 12.3. The van der Waals surface area contributed by atoms with Crippen molar-refractivity contribution in [1.29, 1.82) is 0 Å². The molecule has 0 radical (unpaired) electrons. The van der Waals surface area contributed by atoms with Gasteiger partial charge in [-0.1, -0.05) is 23.7 Å². The van der Waals surface area contributed by atoms with Gasteiger partial charge in [0.1, 0.15) is 0 Å². The molecule has 7 heteroatoms. The number of halogens is 1. The highest BCUT2D eigenvalue weighted by molar-refractivity contribution is 6.31. The summed E-state index contributed by atoms with van der Waals surface area (Å²) in [6.45, 7) is 3.57. The fraction of sp³-hybridized carbons (Fsp3) is 0.250. The van der Waals surface area contributed by atoms with Crippen LogP contribution < -0.4 is 15.5 Å². The van der Waals surface area contributed by atoms with Crippen molar-refractivity contribution in [2.75, 3.05) is 22.1 Å². The smallest absolute Gasteiger partial charge is 0.229 e. The Kier molecular flexibility index (Phi) is 5.46. The molecule has 1 aliphatic rings. The predicted molar refractivity (Wildman–Crippen MR) is 106 cm³/mol. The van der Waals surface area contributed by atoms with Crippen LogP contribution in [0, 0.1) is 12.8 Å². The molecule has 1 aliphatic heterocycles. The number of carbonyl (C=O) groups excluding carboxylic acids is 3. The molecule has 0 saturated carbocycles. The van der Waals surface area contributed by atoms with Gasteiger partial charge in [0.05, 0.1) is 5.92 Å². The maximum atomic E-state index is 12.6. The van der Waals surface area contributed by atoms with Gasteiger partial charge < -0.3 is 15.5 Å². The second-order valence-electron chi connectivity index (χ2n) is 6.54. The number of carbonyl (C=O) groups is 3. The normalized spacial score (nSPS) is 16.3. The summed E-state index contributed by atoms with van der Waals surface area (Å²) in [5, 5.41) is 6.08. The van der Waals surface area contributed by atoms with E-state index in [0.29, 0.717) is 22.9 Å². The summed E-state index contributed by atoms with van der Waals surface area (Å²) in [4.78, 5) is 37.8. The number of benzene rings is 2. The van der Waals surface area contributed by atoms with Gasteiger partial charge in [-0.05, 0) is 42.8 Å². The Bertz CT molecular complexity index is 913. The molecule has 140 valence electrons. The second kappa shape index (κ2) is 7.80. The Labute approximate surface area is 162 Å². The van der Waals surface area contributed by atoms with Crippen LogP contribution in [-0.2, 0) is 14.4 Å². The highest BCUT2D eigenvalue weighted by Crippen LogP contribution is 2.32. The average molecular weight is 386 g/mol. The van der Waals surface area contributed by atoms with Crippen molar-refractivity contribution in [3.8, 4) is 0 Å². The molecule has 0 spiro atoms. The summed E-state index contributed by atoms with van der Waals surface area (Å²) in [5.74, 6) is -0.981. The Morgan fingerprint density at radius 1 is 1.11 bits per heavy atom. The van der Waals surface area contributed by atoms with Crippen LogP contribution in [0.3, 0.4) is 0 Å². The van der Waals surface area contributed by atoms with Crippen LogP contribution in [0.5, 0.6) is 0 Å². The third-order valence-electron chi connectivity index (χ3n) is 4.48. The fourth-order valence-electron chi connectivity index (χ4n) is 3.13. The van der Waals surface area contributed by atoms with E-state index in [-0.39, 0.29) is 24.1 Å². The fourth-order valence-corrected chi connectivity index (χ4v) is 3.30. The van der Waals surface area contributed by atoms with Crippen molar-refractivity contribution in [2.45, 2.75) is 20.3 Å². The lowest BCUT2D eigenvalue weighted by molar-refractivity contribution is -0.122. The predicted octanol–water partition coefficient (Wildman–Crippen LogP) is 3.60. The van der Waals surface area contributed by atoms with Crippen LogP contribution in [-0.4, -0.2) is 24.3 Å². The Morgan fingerprint density at radius 3 is 2.48 bits per heavy atom. The van der Waals surface area contributed by atoms with E-state index in [9.17, 15) is 14.4 Å². The van der Waals surface area contributed by atoms with E-state index in [1.807, 2.05) is 13.0 Å². The largest absolute Gasteiger partial charge is 0.326 e. The molecule has 1 fully saturated rings. The first-order chi connectivity index (χ1) is 12.8. The van der Waals surface area contributed by atoms with Gasteiger partial charge in [0.25, 0.3) is 0 Å². The van der Waals surface area contributed by atoms with Gasteiger partial charge >= 0.3 is 0 Å². The van der Waals surface area contributed by atoms with Crippen molar-refractivity contribution in [3.05, 3.63) is 53.1 Å². The Morgan fingerprint density at radius 2 is 1.78 bits per heavy atom. The van der Waals surface area contributed by atoms with E-state index >= 15 is 0 Å². The van der Waals surface area contributed by atoms with Crippen LogP contribution in [0.4, 0.5) is 17.1 Å². The highest BCUT2D eigenvalue weighted by atomic mass is 35.5. The second-order valence-corrected chi connectivity index (χ2v) is 6.95. The number of hydrogen-bond acceptors (Lipinski definition) is 3. The molecule has 6 nitrogen and oxygen atoms in total. The molecular weight excluding hydrogens is 366 g/mol. The van der Waals surface area contributed by atoms with Crippen molar-refractivity contribution in [2.24, 2.45) is 5.92 Å². The van der Waals surface area contributed by atoms with Crippen molar-refractivity contribution in [3.63, 3.8) is 0 Å². The van der Waals surface area contributed by atoms with Gasteiger partial charge in [0.2, 0.25) is 17.7 Å². The number of hydrogen-bond donors (Lipinski definition) is 2. The first-order valence-electron chi connectivity index (χ1n) is 8.59. The van der Waals surface area contributed by atoms with E-state index in [2.05, 4.69) is 10.6 Å². The molecule has 1 unspecified atom stereocenters. The first kappa shape index (κ1) is 18.9. The number of anilines is 3.